The molecule has 0 aliphatic heterocycles. The number of benzene rings is 2. The smallest absolute Gasteiger partial charge is 0.262 e. The minimum Gasteiger partial charge on any atom is -0.273 e. The van der Waals surface area contributed by atoms with E-state index < -0.39 is 0 Å². The Morgan fingerprint density at radius 2 is 1.91 bits per heavy atom. The molecule has 0 aliphatic rings. The summed E-state index contributed by atoms with van der Waals surface area (Å²) in [6.45, 7) is 0. The van der Waals surface area contributed by atoms with Crippen LogP contribution in [0.25, 0.3) is 16.3 Å². The molecule has 0 fully saturated rings. The minimum atomic E-state index is -0.255. The maximum absolute atomic E-state index is 11.8. The number of hydrogen-bond acceptors (Lipinski definition) is 4. The first-order valence-electron chi connectivity index (χ1n) is 6.56. The van der Waals surface area contributed by atoms with Crippen molar-refractivity contribution in [2.24, 2.45) is 0 Å². The fourth-order valence-electron chi connectivity index (χ4n) is 1.83. The van der Waals surface area contributed by atoms with Crippen molar-refractivity contribution >= 4 is 50.3 Å². The Balaban J connectivity index is 1.58. The van der Waals surface area contributed by atoms with E-state index in [2.05, 4.69) is 15.8 Å². The lowest BCUT2D eigenvalue weighted by Crippen LogP contribution is -2.27. The van der Waals surface area contributed by atoms with E-state index in [0.29, 0.717) is 10.2 Å². The van der Waals surface area contributed by atoms with Crippen molar-refractivity contribution in [1.29, 1.82) is 0 Å². The number of hydrogen-bond donors (Lipinski definition) is 2. The second kappa shape index (κ2) is 6.60. The van der Waals surface area contributed by atoms with Gasteiger partial charge >= 0.3 is 0 Å². The number of aromatic nitrogens is 1. The van der Waals surface area contributed by atoms with Gasteiger partial charge in [0.05, 0.1) is 10.2 Å². The Morgan fingerprint density at radius 3 is 2.68 bits per heavy atom. The van der Waals surface area contributed by atoms with E-state index in [1.54, 1.807) is 18.2 Å². The molecule has 3 aromatic rings. The van der Waals surface area contributed by atoms with Crippen LogP contribution in [0.5, 0.6) is 0 Å². The Hall–Kier alpha value is -2.37. The van der Waals surface area contributed by atoms with Crippen LogP contribution in [0.2, 0.25) is 5.02 Å². The number of rotatable bonds is 4. The van der Waals surface area contributed by atoms with Crippen LogP contribution >= 0.6 is 22.9 Å². The summed E-state index contributed by atoms with van der Waals surface area (Å²) in [5, 5.41) is 1.31. The third-order valence-corrected chi connectivity index (χ3v) is 4.09. The van der Waals surface area contributed by atoms with Gasteiger partial charge in [-0.15, -0.1) is 0 Å². The lowest BCUT2D eigenvalue weighted by atomic mass is 10.2. The SMILES string of the molecule is O=C(/C=C/c1ccc(Cl)cc1)NNc1nc2ccccc2s1. The third-order valence-electron chi connectivity index (χ3n) is 2.88. The van der Waals surface area contributed by atoms with Gasteiger partial charge in [-0.1, -0.05) is 47.2 Å². The highest BCUT2D eigenvalue weighted by Crippen LogP contribution is 2.24. The molecule has 0 radical (unpaired) electrons. The summed E-state index contributed by atoms with van der Waals surface area (Å²) in [4.78, 5) is 16.1. The molecule has 4 nitrogen and oxygen atoms in total. The maximum atomic E-state index is 11.8. The Kier molecular flexibility index (Phi) is 4.37. The standard InChI is InChI=1S/C16H12ClN3OS/c17-12-8-5-11(6-9-12)7-10-15(21)19-20-16-18-13-3-1-2-4-14(13)22-16/h1-10H,(H,18,20)(H,19,21)/b10-7+. The van der Waals surface area contributed by atoms with Crippen molar-refractivity contribution in [1.82, 2.24) is 10.4 Å². The fraction of sp³-hybridized carbons (Fsp3) is 0. The second-order valence-corrected chi connectivity index (χ2v) is 5.95. The zero-order chi connectivity index (χ0) is 15.4. The highest BCUT2D eigenvalue weighted by molar-refractivity contribution is 7.22. The number of carbonyl (C=O) groups is 1. The van der Waals surface area contributed by atoms with Crippen LogP contribution in [0.3, 0.4) is 0 Å². The number of fused-ring (bicyclic) bond motifs is 1. The summed E-state index contributed by atoms with van der Waals surface area (Å²) in [7, 11) is 0. The highest BCUT2D eigenvalue weighted by Gasteiger charge is 2.03. The van der Waals surface area contributed by atoms with Gasteiger partial charge in [-0.25, -0.2) is 4.98 Å². The summed E-state index contributed by atoms with van der Waals surface area (Å²) in [6, 6.07) is 15.0. The first-order valence-corrected chi connectivity index (χ1v) is 7.75. The van der Waals surface area contributed by atoms with Gasteiger partial charge in [-0.3, -0.25) is 15.6 Å². The molecule has 0 unspecified atom stereocenters. The van der Waals surface area contributed by atoms with Gasteiger partial charge in [-0.2, -0.15) is 0 Å². The van der Waals surface area contributed by atoms with Gasteiger partial charge in [0, 0.05) is 11.1 Å². The van der Waals surface area contributed by atoms with Crippen molar-refractivity contribution in [3.63, 3.8) is 0 Å². The van der Waals surface area contributed by atoms with Crippen molar-refractivity contribution in [2.75, 3.05) is 5.43 Å². The van der Waals surface area contributed by atoms with Crippen molar-refractivity contribution in [2.45, 2.75) is 0 Å². The Labute approximate surface area is 136 Å². The predicted molar refractivity (Wildman–Crippen MR) is 91.9 cm³/mol. The van der Waals surface area contributed by atoms with Crippen molar-refractivity contribution in [3.05, 3.63) is 65.2 Å². The van der Waals surface area contributed by atoms with E-state index in [9.17, 15) is 4.79 Å². The van der Waals surface area contributed by atoms with Crippen LogP contribution in [0.4, 0.5) is 5.13 Å². The molecule has 0 saturated carbocycles. The number of carbonyl (C=O) groups excluding carboxylic acids is 1. The van der Waals surface area contributed by atoms with E-state index in [0.717, 1.165) is 15.8 Å². The molecule has 3 rings (SSSR count). The fourth-order valence-corrected chi connectivity index (χ4v) is 2.77. The van der Waals surface area contributed by atoms with Crippen LogP contribution in [0.1, 0.15) is 5.56 Å². The average Bonchev–Trinajstić information content (AvgIpc) is 2.95. The van der Waals surface area contributed by atoms with Crippen LogP contribution in [-0.4, -0.2) is 10.9 Å². The highest BCUT2D eigenvalue weighted by atomic mass is 35.5. The minimum absolute atomic E-state index is 0.255. The lowest BCUT2D eigenvalue weighted by Gasteiger charge is -2.01. The number of para-hydroxylation sites is 1. The number of thiazole rings is 1. The Bertz CT molecular complexity index is 794. The first-order chi connectivity index (χ1) is 10.7. The quantitative estimate of drug-likeness (QED) is 0.559. The van der Waals surface area contributed by atoms with E-state index in [1.807, 2.05) is 36.4 Å². The third kappa shape index (κ3) is 3.63. The van der Waals surface area contributed by atoms with E-state index in [4.69, 9.17) is 11.6 Å². The number of amides is 1. The van der Waals surface area contributed by atoms with Crippen LogP contribution < -0.4 is 10.9 Å². The molecular weight excluding hydrogens is 318 g/mol. The van der Waals surface area contributed by atoms with Crippen LogP contribution in [0.15, 0.2) is 54.6 Å². The molecule has 1 heterocycles. The number of nitrogens with zero attached hydrogens (tertiary/aromatic N) is 1. The van der Waals surface area contributed by atoms with Crippen LogP contribution in [0, 0.1) is 0 Å². The predicted octanol–water partition coefficient (Wildman–Crippen LogP) is 4.11. The summed E-state index contributed by atoms with van der Waals surface area (Å²) in [6.07, 6.45) is 3.16. The molecule has 0 bridgehead atoms. The van der Waals surface area contributed by atoms with Crippen LogP contribution in [-0.2, 0) is 4.79 Å². The van der Waals surface area contributed by atoms with E-state index in [-0.39, 0.29) is 5.91 Å². The molecule has 2 aromatic carbocycles. The topological polar surface area (TPSA) is 54.0 Å². The largest absolute Gasteiger partial charge is 0.273 e. The number of hydrazine groups is 1. The molecule has 0 spiro atoms. The summed E-state index contributed by atoms with van der Waals surface area (Å²) >= 11 is 7.29. The first kappa shape index (κ1) is 14.6. The average molecular weight is 330 g/mol. The summed E-state index contributed by atoms with van der Waals surface area (Å²) in [5.74, 6) is -0.255. The molecule has 0 aliphatic carbocycles. The normalized spacial score (nSPS) is 11.0. The van der Waals surface area contributed by atoms with Gasteiger partial charge in [0.2, 0.25) is 5.13 Å². The van der Waals surface area contributed by atoms with Gasteiger partial charge in [0.25, 0.3) is 5.91 Å². The monoisotopic (exact) mass is 329 g/mol. The zero-order valence-electron chi connectivity index (χ0n) is 11.4. The molecule has 2 N–H and O–H groups in total. The summed E-state index contributed by atoms with van der Waals surface area (Å²) in [5.41, 5.74) is 7.21. The molecular formula is C16H12ClN3OS. The lowest BCUT2D eigenvalue weighted by molar-refractivity contribution is -0.115. The molecule has 1 amide bonds. The van der Waals surface area contributed by atoms with Crippen molar-refractivity contribution in [3.8, 4) is 0 Å². The molecule has 110 valence electrons. The van der Waals surface area contributed by atoms with Gasteiger partial charge in [-0.05, 0) is 35.9 Å². The van der Waals surface area contributed by atoms with Crippen molar-refractivity contribution < 1.29 is 4.79 Å². The van der Waals surface area contributed by atoms with E-state index >= 15 is 0 Å². The van der Waals surface area contributed by atoms with Gasteiger partial charge in [0.15, 0.2) is 0 Å². The van der Waals surface area contributed by atoms with E-state index in [1.165, 1.54) is 17.4 Å². The molecule has 22 heavy (non-hydrogen) atoms. The number of anilines is 1. The zero-order valence-corrected chi connectivity index (χ0v) is 13.0. The Morgan fingerprint density at radius 1 is 1.14 bits per heavy atom. The number of nitrogens with one attached hydrogen (secondary N) is 2. The second-order valence-electron chi connectivity index (χ2n) is 4.49. The van der Waals surface area contributed by atoms with Gasteiger partial charge in [0.1, 0.15) is 0 Å². The molecule has 0 atom stereocenters. The van der Waals surface area contributed by atoms with Gasteiger partial charge < -0.3 is 0 Å². The summed E-state index contributed by atoms with van der Waals surface area (Å²) < 4.78 is 1.07. The molecule has 6 heteroatoms. The number of halogens is 1. The maximum Gasteiger partial charge on any atom is 0.262 e. The molecule has 0 saturated heterocycles. The molecule has 1 aromatic heterocycles.